The molecule has 0 aliphatic heterocycles. The van der Waals surface area contributed by atoms with Gasteiger partial charge in [-0.25, -0.2) is 0 Å². The highest BCUT2D eigenvalue weighted by Crippen LogP contribution is 2.57. The molecule has 0 nitrogen and oxygen atoms in total. The van der Waals surface area contributed by atoms with E-state index in [1.165, 1.54) is 196 Å². The molecular formula is C77H150. The van der Waals surface area contributed by atoms with Gasteiger partial charge in [0, 0.05) is 0 Å². The van der Waals surface area contributed by atoms with Gasteiger partial charge >= 0.3 is 0 Å². The van der Waals surface area contributed by atoms with E-state index in [2.05, 4.69) is 38.2 Å². The van der Waals surface area contributed by atoms with E-state index < -0.39 is 0 Å². The molecule has 0 saturated heterocycles. The molecule has 0 heterocycles. The van der Waals surface area contributed by atoms with E-state index in [9.17, 15) is 0 Å². The van der Waals surface area contributed by atoms with E-state index in [0.717, 1.165) is 64.6 Å². The smallest absolute Gasteiger partial charge is 0.0234 e. The molecule has 0 atom stereocenters. The first-order chi connectivity index (χ1) is 33.9. The molecule has 0 amide bonds. The number of fused-ring (bicyclic) bond motifs is 18. The Labute approximate surface area is 490 Å². The van der Waals surface area contributed by atoms with Crippen molar-refractivity contribution in [1.29, 1.82) is 0 Å². The van der Waals surface area contributed by atoms with Crippen LogP contribution in [0.25, 0.3) is 0 Å². The summed E-state index contributed by atoms with van der Waals surface area (Å²) in [5.41, 5.74) is 0.722. The fourth-order valence-corrected chi connectivity index (χ4v) is 19.2. The second kappa shape index (κ2) is 39.1. The minimum Gasteiger partial charge on any atom is -0.0880 e. The summed E-state index contributed by atoms with van der Waals surface area (Å²) in [6.45, 7) is 4.92. The molecular weight excluding hydrogens is 925 g/mol. The molecule has 20 rings (SSSR count). The summed E-state index contributed by atoms with van der Waals surface area (Å²) < 4.78 is 0. The third-order valence-corrected chi connectivity index (χ3v) is 23.7. The van der Waals surface area contributed by atoms with Gasteiger partial charge in [-0.15, -0.1) is 0 Å². The first-order valence-electron chi connectivity index (χ1n) is 33.2. The Morgan fingerprint density at radius 2 is 0.494 bits per heavy atom. The van der Waals surface area contributed by atoms with Crippen LogP contribution in [0.4, 0.5) is 0 Å². The van der Waals surface area contributed by atoms with Crippen molar-refractivity contribution in [2.75, 3.05) is 0 Å². The van der Waals surface area contributed by atoms with Crippen LogP contribution in [0.5, 0.6) is 0 Å². The minimum absolute atomic E-state index is 0. The Balaban J connectivity index is 0.000000439. The van der Waals surface area contributed by atoms with Crippen LogP contribution in [0, 0.1) is 100 Å². The predicted octanol–water partition coefficient (Wildman–Crippen LogP) is 27.1. The average Bonchev–Trinajstić information content (AvgIpc) is 3.88. The summed E-state index contributed by atoms with van der Waals surface area (Å²) in [6, 6.07) is 0. The monoisotopic (exact) mass is 1080 g/mol. The SMILES string of the molecule is C.C.C.C.C.C.C.C.C1=CC2CCCC(C1)CCC2.C1=CC2CCCC(C1)CCC2.C1C2CC3CC1CC(C2)C3.C1CC1.C1CC2CCC1C2.C1CC2CCC1CC2.C1CCC2CCCCC2C1.CC1(C)C2CCC1CC2. The van der Waals surface area contributed by atoms with E-state index in [0.29, 0.717) is 0 Å². The van der Waals surface area contributed by atoms with Crippen LogP contribution in [0.3, 0.4) is 0 Å². The molecule has 77 heavy (non-hydrogen) atoms. The lowest BCUT2D eigenvalue weighted by Gasteiger charge is -2.49. The van der Waals surface area contributed by atoms with Crippen LogP contribution in [0.15, 0.2) is 24.3 Å². The molecule has 16 saturated carbocycles. The van der Waals surface area contributed by atoms with Crippen molar-refractivity contribution >= 4 is 0 Å². The third-order valence-electron chi connectivity index (χ3n) is 23.7. The van der Waals surface area contributed by atoms with E-state index in [-0.39, 0.29) is 59.4 Å². The van der Waals surface area contributed by atoms with Crippen LogP contribution < -0.4 is 0 Å². The van der Waals surface area contributed by atoms with Crippen molar-refractivity contribution in [3.05, 3.63) is 24.3 Å². The highest BCUT2D eigenvalue weighted by molar-refractivity contribution is 4.98. The Hall–Kier alpha value is -0.520. The summed E-state index contributed by atoms with van der Waals surface area (Å²) in [5, 5.41) is 0. The lowest BCUT2D eigenvalue weighted by atomic mass is 9.56. The maximum atomic E-state index is 2.48. The van der Waals surface area contributed by atoms with Gasteiger partial charge < -0.3 is 0 Å². The maximum absolute atomic E-state index is 2.48. The zero-order chi connectivity index (χ0) is 47.1. The summed E-state index contributed by atoms with van der Waals surface area (Å²) in [4.78, 5) is 0. The Morgan fingerprint density at radius 1 is 0.234 bits per heavy atom. The molecule has 0 heteroatoms. The molecule has 16 fully saturated rings. The van der Waals surface area contributed by atoms with Crippen molar-refractivity contribution in [2.45, 2.75) is 369 Å². The summed E-state index contributed by atoms with van der Waals surface area (Å²) in [7, 11) is 0. The quantitative estimate of drug-likeness (QED) is 0.212. The van der Waals surface area contributed by atoms with Crippen molar-refractivity contribution in [3.8, 4) is 0 Å². The zero-order valence-corrected chi connectivity index (χ0v) is 46.6. The van der Waals surface area contributed by atoms with E-state index in [4.69, 9.17) is 0 Å². The molecule has 0 aromatic rings. The fourth-order valence-electron chi connectivity index (χ4n) is 19.2. The van der Waals surface area contributed by atoms with Crippen LogP contribution >= 0.6 is 0 Å². The average molecular weight is 1080 g/mol. The number of hydrogen-bond acceptors (Lipinski definition) is 0. The standard InChI is InChI=1S/2C11H18.C10H16.C10H18.C9H16.C8H14.C7H12.C3H6.8CH4/c2*1-4-10-6-2-7-11(5-1)9-3-8-10;1-7-2-9-4-8(1)5-10(3-7)6-9;1-2-6-10-8-4-3-7-9(10)5-1;1-9(2)7-3-4-8(9)6-5-7;1-2-8-5-3-7(1)4-6-8;1-2-7-4-3-6(1)5-7;1-2-3-1;;;;;;;;/h2*1,4,10-11H,2-3,5-9H2;7-10H,1-6H2;9-10H,1-8H2;7-8H,3-6H2,1-2H3;7-8H,1-6H2;6-7H,1-5H2;1-3H2;8*1H4. The third kappa shape index (κ3) is 24.3. The van der Waals surface area contributed by atoms with Gasteiger partial charge in [-0.1, -0.05) is 284 Å². The Morgan fingerprint density at radius 3 is 0.701 bits per heavy atom. The van der Waals surface area contributed by atoms with Gasteiger partial charge in [-0.2, -0.15) is 0 Å². The molecule has 0 unspecified atom stereocenters. The maximum Gasteiger partial charge on any atom is -0.0234 e. The number of rotatable bonds is 0. The topological polar surface area (TPSA) is 0 Å². The first-order valence-corrected chi connectivity index (χ1v) is 33.2. The van der Waals surface area contributed by atoms with Crippen LogP contribution in [-0.2, 0) is 0 Å². The van der Waals surface area contributed by atoms with E-state index >= 15 is 0 Å². The normalized spacial score (nSPS) is 38.9. The summed E-state index contributed by atoms with van der Waals surface area (Å²) in [5.74, 6) is 17.8. The van der Waals surface area contributed by atoms with Gasteiger partial charge in [0.25, 0.3) is 0 Å². The Bertz CT molecular complexity index is 1260. The van der Waals surface area contributed by atoms with Crippen molar-refractivity contribution in [2.24, 2.45) is 100 Å². The van der Waals surface area contributed by atoms with Gasteiger partial charge in [-0.3, -0.25) is 0 Å². The molecule has 0 radical (unpaired) electrons. The Kier molecular flexibility index (Phi) is 37.8. The fraction of sp³-hybridized carbons (Fsp3) is 0.948. The zero-order valence-electron chi connectivity index (χ0n) is 46.6. The van der Waals surface area contributed by atoms with Gasteiger partial charge in [0.05, 0.1) is 0 Å². The minimum atomic E-state index is 0. The van der Waals surface area contributed by atoms with E-state index in [1.807, 2.05) is 0 Å². The van der Waals surface area contributed by atoms with Crippen LogP contribution in [-0.4, -0.2) is 0 Å². The second-order valence-corrected chi connectivity index (χ2v) is 29.3. The second-order valence-electron chi connectivity index (χ2n) is 29.3. The lowest BCUT2D eigenvalue weighted by molar-refractivity contribution is 0.0198. The molecule has 0 spiro atoms. The summed E-state index contributed by atoms with van der Waals surface area (Å²) >= 11 is 0. The largest absolute Gasteiger partial charge is 0.0880 e. The number of allylic oxidation sites excluding steroid dienone is 4. The van der Waals surface area contributed by atoms with Gasteiger partial charge in [-0.05, 0) is 209 Å². The van der Waals surface area contributed by atoms with Crippen molar-refractivity contribution in [3.63, 3.8) is 0 Å². The van der Waals surface area contributed by atoms with Gasteiger partial charge in [0.15, 0.2) is 0 Å². The highest BCUT2D eigenvalue weighted by Gasteiger charge is 2.47. The molecule has 0 N–H and O–H groups in total. The lowest BCUT2D eigenvalue weighted by Crippen LogP contribution is -2.38. The van der Waals surface area contributed by atoms with Crippen LogP contribution in [0.2, 0.25) is 0 Å². The van der Waals surface area contributed by atoms with E-state index in [1.54, 1.807) is 135 Å². The summed E-state index contributed by atoms with van der Waals surface area (Å²) in [6.07, 6.45) is 80.2. The van der Waals surface area contributed by atoms with Crippen LogP contribution in [0.1, 0.15) is 369 Å². The van der Waals surface area contributed by atoms with Gasteiger partial charge in [0.1, 0.15) is 0 Å². The molecule has 14 bridgehead atoms. The van der Waals surface area contributed by atoms with Crippen molar-refractivity contribution < 1.29 is 0 Å². The highest BCUT2D eigenvalue weighted by atomic mass is 14.5. The van der Waals surface area contributed by atoms with Gasteiger partial charge in [0.2, 0.25) is 0 Å². The first kappa shape index (κ1) is 74.5. The predicted molar refractivity (Wildman–Crippen MR) is 354 cm³/mol. The molecule has 0 aromatic carbocycles. The molecule has 20 aliphatic carbocycles. The van der Waals surface area contributed by atoms with Crippen molar-refractivity contribution in [1.82, 2.24) is 0 Å². The number of hydrogen-bond donors (Lipinski definition) is 0. The molecule has 20 aliphatic rings. The molecule has 458 valence electrons. The molecule has 0 aromatic heterocycles.